The highest BCUT2D eigenvalue weighted by atomic mass is 79.9. The van der Waals surface area contributed by atoms with E-state index in [1.165, 1.54) is 5.56 Å². The molecule has 1 heterocycles. The van der Waals surface area contributed by atoms with Crippen LogP contribution < -0.4 is 5.32 Å². The Morgan fingerprint density at radius 1 is 1.29 bits per heavy atom. The first-order valence-corrected chi connectivity index (χ1v) is 6.82. The monoisotopic (exact) mass is 297 g/mol. The van der Waals surface area contributed by atoms with E-state index >= 15 is 0 Å². The number of benzene rings is 1. The van der Waals surface area contributed by atoms with Crippen molar-refractivity contribution in [2.24, 2.45) is 5.41 Å². The molecular formula is C14H20BrNO. The van der Waals surface area contributed by atoms with Gasteiger partial charge >= 0.3 is 0 Å². The maximum absolute atomic E-state index is 6.01. The standard InChI is InChI=1S/C14H20BrNO/c1-13(2)9-16-14(3,17-10-13)8-11-6-4-5-7-12(11)15/h4-7,16H,8-10H2,1-3H3. The van der Waals surface area contributed by atoms with Crippen LogP contribution in [0.15, 0.2) is 28.7 Å². The third-order valence-corrected chi connectivity index (χ3v) is 3.98. The van der Waals surface area contributed by atoms with E-state index in [2.05, 4.69) is 60.2 Å². The lowest BCUT2D eigenvalue weighted by Gasteiger charge is -2.42. The summed E-state index contributed by atoms with van der Waals surface area (Å²) in [5.41, 5.74) is 1.26. The lowest BCUT2D eigenvalue weighted by Crippen LogP contribution is -2.57. The van der Waals surface area contributed by atoms with Crippen LogP contribution >= 0.6 is 15.9 Å². The Balaban J connectivity index is 2.07. The van der Waals surface area contributed by atoms with E-state index < -0.39 is 0 Å². The van der Waals surface area contributed by atoms with Crippen LogP contribution in [0.3, 0.4) is 0 Å². The number of rotatable bonds is 2. The second-order valence-electron chi connectivity index (χ2n) is 5.81. The van der Waals surface area contributed by atoms with Crippen molar-refractivity contribution in [2.45, 2.75) is 32.9 Å². The van der Waals surface area contributed by atoms with Crippen LogP contribution in [0.2, 0.25) is 0 Å². The van der Waals surface area contributed by atoms with Crippen LogP contribution in [-0.2, 0) is 11.2 Å². The van der Waals surface area contributed by atoms with Crippen molar-refractivity contribution in [2.75, 3.05) is 13.2 Å². The molecule has 1 N–H and O–H groups in total. The minimum Gasteiger partial charge on any atom is -0.360 e. The van der Waals surface area contributed by atoms with Gasteiger partial charge in [0.25, 0.3) is 0 Å². The SMILES string of the molecule is CC1(C)CNC(C)(Cc2ccccc2Br)OC1. The summed E-state index contributed by atoms with van der Waals surface area (Å²) in [6.07, 6.45) is 0.879. The van der Waals surface area contributed by atoms with Crippen molar-refractivity contribution in [1.29, 1.82) is 0 Å². The molecular weight excluding hydrogens is 278 g/mol. The van der Waals surface area contributed by atoms with Gasteiger partial charge in [0, 0.05) is 22.9 Å². The quantitative estimate of drug-likeness (QED) is 0.904. The Kier molecular flexibility index (Phi) is 3.62. The van der Waals surface area contributed by atoms with E-state index in [0.29, 0.717) is 0 Å². The van der Waals surface area contributed by atoms with Gasteiger partial charge in [-0.1, -0.05) is 48.0 Å². The summed E-state index contributed by atoms with van der Waals surface area (Å²) < 4.78 is 7.16. The highest BCUT2D eigenvalue weighted by Gasteiger charge is 2.35. The van der Waals surface area contributed by atoms with Gasteiger partial charge < -0.3 is 4.74 Å². The molecule has 0 bridgehead atoms. The largest absolute Gasteiger partial charge is 0.360 e. The Bertz CT molecular complexity index is 393. The highest BCUT2D eigenvalue weighted by Crippen LogP contribution is 2.28. The van der Waals surface area contributed by atoms with Gasteiger partial charge in [0.15, 0.2) is 0 Å². The first kappa shape index (κ1) is 13.1. The first-order chi connectivity index (χ1) is 7.90. The molecule has 0 amide bonds. The van der Waals surface area contributed by atoms with E-state index in [0.717, 1.165) is 24.0 Å². The van der Waals surface area contributed by atoms with E-state index in [4.69, 9.17) is 4.74 Å². The van der Waals surface area contributed by atoms with Crippen LogP contribution in [0.4, 0.5) is 0 Å². The summed E-state index contributed by atoms with van der Waals surface area (Å²) in [6, 6.07) is 8.32. The molecule has 1 aliphatic heterocycles. The average molecular weight is 298 g/mol. The molecule has 1 atom stereocenters. The minimum atomic E-state index is -0.251. The molecule has 1 aliphatic rings. The van der Waals surface area contributed by atoms with Crippen LogP contribution in [0, 0.1) is 5.41 Å². The van der Waals surface area contributed by atoms with Gasteiger partial charge in [0.05, 0.1) is 6.61 Å². The van der Waals surface area contributed by atoms with Crippen LogP contribution in [0.5, 0.6) is 0 Å². The van der Waals surface area contributed by atoms with Crippen molar-refractivity contribution in [3.63, 3.8) is 0 Å². The average Bonchev–Trinajstić information content (AvgIpc) is 2.27. The molecule has 1 aromatic carbocycles. The molecule has 0 aromatic heterocycles. The summed E-state index contributed by atoms with van der Waals surface area (Å²) >= 11 is 3.59. The summed E-state index contributed by atoms with van der Waals surface area (Å²) in [5, 5.41) is 3.52. The number of halogens is 1. The van der Waals surface area contributed by atoms with Gasteiger partial charge in [-0.3, -0.25) is 5.32 Å². The van der Waals surface area contributed by atoms with Gasteiger partial charge in [-0.25, -0.2) is 0 Å². The molecule has 1 unspecified atom stereocenters. The molecule has 0 radical (unpaired) electrons. The zero-order valence-electron chi connectivity index (χ0n) is 10.7. The van der Waals surface area contributed by atoms with Crippen molar-refractivity contribution in [1.82, 2.24) is 5.32 Å². The fourth-order valence-electron chi connectivity index (χ4n) is 2.00. The van der Waals surface area contributed by atoms with Crippen LogP contribution in [0.1, 0.15) is 26.3 Å². The lowest BCUT2D eigenvalue weighted by atomic mass is 9.90. The predicted molar refractivity (Wildman–Crippen MR) is 74.0 cm³/mol. The molecule has 3 heteroatoms. The maximum Gasteiger partial charge on any atom is 0.120 e. The molecule has 1 fully saturated rings. The zero-order chi connectivity index (χ0) is 12.5. The number of nitrogens with one attached hydrogen (secondary N) is 1. The molecule has 1 saturated heterocycles. The highest BCUT2D eigenvalue weighted by molar-refractivity contribution is 9.10. The summed E-state index contributed by atoms with van der Waals surface area (Å²) in [5.74, 6) is 0. The second kappa shape index (κ2) is 4.71. The summed E-state index contributed by atoms with van der Waals surface area (Å²) in [7, 11) is 0. The van der Waals surface area contributed by atoms with Crippen molar-refractivity contribution in [3.8, 4) is 0 Å². The predicted octanol–water partition coefficient (Wildman–Crippen LogP) is 3.35. The number of hydrogen-bond donors (Lipinski definition) is 1. The second-order valence-corrected chi connectivity index (χ2v) is 6.66. The Morgan fingerprint density at radius 2 is 2.00 bits per heavy atom. The molecule has 94 valence electrons. The topological polar surface area (TPSA) is 21.3 Å². The van der Waals surface area contributed by atoms with Gasteiger partial charge in [-0.2, -0.15) is 0 Å². The maximum atomic E-state index is 6.01. The molecule has 1 aromatic rings. The van der Waals surface area contributed by atoms with E-state index in [1.54, 1.807) is 0 Å². The van der Waals surface area contributed by atoms with Gasteiger partial charge in [0.1, 0.15) is 5.72 Å². The lowest BCUT2D eigenvalue weighted by molar-refractivity contribution is -0.125. The van der Waals surface area contributed by atoms with Crippen molar-refractivity contribution >= 4 is 15.9 Å². The smallest absolute Gasteiger partial charge is 0.120 e. The van der Waals surface area contributed by atoms with Crippen LogP contribution in [0.25, 0.3) is 0 Å². The molecule has 0 aliphatic carbocycles. The number of hydrogen-bond acceptors (Lipinski definition) is 2. The fourth-order valence-corrected chi connectivity index (χ4v) is 2.43. The summed E-state index contributed by atoms with van der Waals surface area (Å²) in [6.45, 7) is 8.37. The fraction of sp³-hybridized carbons (Fsp3) is 0.571. The van der Waals surface area contributed by atoms with E-state index in [1.807, 2.05) is 6.07 Å². The van der Waals surface area contributed by atoms with Crippen LogP contribution in [-0.4, -0.2) is 18.9 Å². The molecule has 0 spiro atoms. The number of ether oxygens (including phenoxy) is 1. The first-order valence-electron chi connectivity index (χ1n) is 6.03. The Labute approximate surface area is 112 Å². The van der Waals surface area contributed by atoms with Gasteiger partial charge in [-0.15, -0.1) is 0 Å². The third kappa shape index (κ3) is 3.30. The Hall–Kier alpha value is -0.380. The van der Waals surface area contributed by atoms with Crippen molar-refractivity contribution in [3.05, 3.63) is 34.3 Å². The molecule has 17 heavy (non-hydrogen) atoms. The Morgan fingerprint density at radius 3 is 2.59 bits per heavy atom. The summed E-state index contributed by atoms with van der Waals surface area (Å²) in [4.78, 5) is 0. The minimum absolute atomic E-state index is 0.230. The molecule has 2 nitrogen and oxygen atoms in total. The van der Waals surface area contributed by atoms with Gasteiger partial charge in [0.2, 0.25) is 0 Å². The zero-order valence-corrected chi connectivity index (χ0v) is 12.3. The molecule has 0 saturated carbocycles. The van der Waals surface area contributed by atoms with E-state index in [-0.39, 0.29) is 11.1 Å². The van der Waals surface area contributed by atoms with E-state index in [9.17, 15) is 0 Å². The normalized spacial score (nSPS) is 28.0. The third-order valence-electron chi connectivity index (χ3n) is 3.21. The van der Waals surface area contributed by atoms with Gasteiger partial charge in [-0.05, 0) is 18.6 Å². The van der Waals surface area contributed by atoms with Crippen molar-refractivity contribution < 1.29 is 4.74 Å². The molecule has 2 rings (SSSR count).